The van der Waals surface area contributed by atoms with Crippen molar-refractivity contribution in [2.75, 3.05) is 0 Å². The Balaban J connectivity index is 0.000000141. The summed E-state index contributed by atoms with van der Waals surface area (Å²) < 4.78 is 0. The van der Waals surface area contributed by atoms with E-state index in [2.05, 4.69) is 243 Å². The molecule has 280 valence electrons. The number of hydrogen-bond donors (Lipinski definition) is 0. The van der Waals surface area contributed by atoms with E-state index in [1.54, 1.807) is 0 Å². The van der Waals surface area contributed by atoms with E-state index in [1.807, 2.05) is 0 Å². The summed E-state index contributed by atoms with van der Waals surface area (Å²) in [5, 5.41) is 15.5. The van der Waals surface area contributed by atoms with Crippen LogP contribution >= 0.6 is 0 Å². The lowest BCUT2D eigenvalue weighted by atomic mass is 9.85. The molecule has 0 bridgehead atoms. The van der Waals surface area contributed by atoms with Crippen LogP contribution in [-0.2, 0) is 0 Å². The van der Waals surface area contributed by atoms with Crippen molar-refractivity contribution in [1.29, 1.82) is 0 Å². The van der Waals surface area contributed by atoms with Crippen molar-refractivity contribution in [3.8, 4) is 44.5 Å². The van der Waals surface area contributed by atoms with E-state index in [4.69, 9.17) is 0 Å². The molecule has 0 saturated carbocycles. The Morgan fingerprint density at radius 2 is 0.383 bits per heavy atom. The second-order valence-electron chi connectivity index (χ2n) is 15.5. The van der Waals surface area contributed by atoms with E-state index in [-0.39, 0.29) is 0 Å². The first-order valence-corrected chi connectivity index (χ1v) is 20.8. The standard InChI is InChI=1S/C34H22.C26H18/c1-3-11-25-21-27(19-17-23(25)9-1)33-29-13-5-7-15-31(29)34(32-16-8-6-14-30(32)33)28-20-18-24-10-2-4-12-26(24)22-28;1-3-11-19(12-4-1)25-21-15-7-9-17-23(21)26(20-13-5-2-6-14-20)24-18-10-8-16-22(24)25/h1-22H;1-18H. The Bertz CT molecular complexity index is 3180. The predicted octanol–water partition coefficient (Wildman–Crippen LogP) is 17.0. The Kier molecular flexibility index (Phi) is 8.95. The molecule has 60 heavy (non-hydrogen) atoms. The SMILES string of the molecule is c1ccc(-c2c3ccccc3c(-c3ccccc3)c3ccccc23)cc1.c1ccc2cc(-c3c4ccccc4c(-c4ccc5ccccc5c4)c4ccccc34)ccc2c1. The molecule has 0 saturated heterocycles. The molecule has 0 unspecified atom stereocenters. The number of benzene rings is 12. The van der Waals surface area contributed by atoms with Crippen LogP contribution in [0.25, 0.3) is 109 Å². The van der Waals surface area contributed by atoms with E-state index in [0.29, 0.717) is 0 Å². The molecule has 0 nitrogen and oxygen atoms in total. The molecule has 0 heterocycles. The van der Waals surface area contributed by atoms with Crippen LogP contribution in [-0.4, -0.2) is 0 Å². The van der Waals surface area contributed by atoms with Crippen LogP contribution < -0.4 is 0 Å². The molecule has 0 amide bonds. The second-order valence-corrected chi connectivity index (χ2v) is 15.5. The highest BCUT2D eigenvalue weighted by molar-refractivity contribution is 6.23. The summed E-state index contributed by atoms with van der Waals surface area (Å²) >= 11 is 0. The molecule has 0 atom stereocenters. The van der Waals surface area contributed by atoms with Crippen LogP contribution in [0.5, 0.6) is 0 Å². The quantitative estimate of drug-likeness (QED) is 0.157. The van der Waals surface area contributed by atoms with E-state index >= 15 is 0 Å². The molecule has 0 aliphatic heterocycles. The molecule has 0 radical (unpaired) electrons. The van der Waals surface area contributed by atoms with Gasteiger partial charge in [-0.25, -0.2) is 0 Å². The smallest absolute Gasteiger partial charge is 0.00262 e. The van der Waals surface area contributed by atoms with E-state index in [1.165, 1.54) is 109 Å². The van der Waals surface area contributed by atoms with Gasteiger partial charge in [0.25, 0.3) is 0 Å². The number of fused-ring (bicyclic) bond motifs is 6. The maximum Gasteiger partial charge on any atom is -0.00262 e. The zero-order valence-electron chi connectivity index (χ0n) is 33.1. The fourth-order valence-corrected chi connectivity index (χ4v) is 9.40. The summed E-state index contributed by atoms with van der Waals surface area (Å²) in [6.07, 6.45) is 0. The first-order chi connectivity index (χ1) is 29.8. The highest BCUT2D eigenvalue weighted by Gasteiger charge is 2.18. The van der Waals surface area contributed by atoms with Crippen LogP contribution in [0.15, 0.2) is 243 Å². The van der Waals surface area contributed by atoms with Gasteiger partial charge in [0.05, 0.1) is 0 Å². The minimum atomic E-state index is 1.26. The van der Waals surface area contributed by atoms with Crippen molar-refractivity contribution in [1.82, 2.24) is 0 Å². The monoisotopic (exact) mass is 760 g/mol. The van der Waals surface area contributed by atoms with Gasteiger partial charge in [-0.05, 0) is 121 Å². The Labute approximate surface area is 350 Å². The van der Waals surface area contributed by atoms with E-state index in [0.717, 1.165) is 0 Å². The van der Waals surface area contributed by atoms with Crippen LogP contribution in [0.3, 0.4) is 0 Å². The lowest BCUT2D eigenvalue weighted by molar-refractivity contribution is 1.65. The fraction of sp³-hybridized carbons (Fsp3) is 0. The van der Waals surface area contributed by atoms with Crippen molar-refractivity contribution in [2.24, 2.45) is 0 Å². The molecule has 12 aromatic rings. The van der Waals surface area contributed by atoms with E-state index in [9.17, 15) is 0 Å². The minimum Gasteiger partial charge on any atom is -0.0622 e. The molecule has 0 aromatic heterocycles. The van der Waals surface area contributed by atoms with E-state index < -0.39 is 0 Å². The third-order valence-electron chi connectivity index (χ3n) is 12.1. The molecule has 0 spiro atoms. The maximum atomic E-state index is 2.33. The zero-order chi connectivity index (χ0) is 39.8. The minimum absolute atomic E-state index is 1.26. The predicted molar refractivity (Wildman–Crippen MR) is 260 cm³/mol. The fourth-order valence-electron chi connectivity index (χ4n) is 9.40. The summed E-state index contributed by atoms with van der Waals surface area (Å²) in [6, 6.07) is 87.6. The summed E-state index contributed by atoms with van der Waals surface area (Å²) in [7, 11) is 0. The third-order valence-corrected chi connectivity index (χ3v) is 12.1. The lowest BCUT2D eigenvalue weighted by Crippen LogP contribution is -1.91. The second kappa shape index (κ2) is 15.2. The summed E-state index contributed by atoms with van der Waals surface area (Å²) in [5.41, 5.74) is 10.3. The van der Waals surface area contributed by atoms with Crippen LogP contribution in [0.1, 0.15) is 0 Å². The van der Waals surface area contributed by atoms with Gasteiger partial charge in [0.15, 0.2) is 0 Å². The summed E-state index contributed by atoms with van der Waals surface area (Å²) in [6.45, 7) is 0. The average molecular weight is 761 g/mol. The summed E-state index contributed by atoms with van der Waals surface area (Å²) in [5.74, 6) is 0. The normalized spacial score (nSPS) is 11.3. The van der Waals surface area contributed by atoms with Crippen LogP contribution in [0.4, 0.5) is 0 Å². The molecular formula is C60H40. The van der Waals surface area contributed by atoms with Crippen molar-refractivity contribution >= 4 is 64.6 Å². The lowest BCUT2D eigenvalue weighted by Gasteiger charge is -2.18. The molecule has 12 aromatic carbocycles. The summed E-state index contributed by atoms with van der Waals surface area (Å²) in [4.78, 5) is 0. The maximum absolute atomic E-state index is 2.33. The Morgan fingerprint density at radius 1 is 0.150 bits per heavy atom. The van der Waals surface area contributed by atoms with Gasteiger partial charge in [0, 0.05) is 0 Å². The first kappa shape index (κ1) is 35.4. The number of hydrogen-bond acceptors (Lipinski definition) is 0. The van der Waals surface area contributed by atoms with Gasteiger partial charge in [-0.3, -0.25) is 0 Å². The highest BCUT2D eigenvalue weighted by atomic mass is 14.2. The zero-order valence-corrected chi connectivity index (χ0v) is 33.1. The van der Waals surface area contributed by atoms with Gasteiger partial charge < -0.3 is 0 Å². The van der Waals surface area contributed by atoms with Crippen LogP contribution in [0, 0.1) is 0 Å². The van der Waals surface area contributed by atoms with Gasteiger partial charge in [-0.15, -0.1) is 0 Å². The van der Waals surface area contributed by atoms with Crippen LogP contribution in [0.2, 0.25) is 0 Å². The molecule has 0 aliphatic rings. The first-order valence-electron chi connectivity index (χ1n) is 20.8. The Morgan fingerprint density at radius 3 is 0.683 bits per heavy atom. The van der Waals surface area contributed by atoms with Crippen molar-refractivity contribution in [2.45, 2.75) is 0 Å². The largest absolute Gasteiger partial charge is 0.0622 e. The van der Waals surface area contributed by atoms with Gasteiger partial charge in [0.1, 0.15) is 0 Å². The van der Waals surface area contributed by atoms with Gasteiger partial charge in [0.2, 0.25) is 0 Å². The molecule has 0 heteroatoms. The molecule has 0 fully saturated rings. The van der Waals surface area contributed by atoms with Crippen molar-refractivity contribution in [3.63, 3.8) is 0 Å². The van der Waals surface area contributed by atoms with Crippen molar-refractivity contribution < 1.29 is 0 Å². The van der Waals surface area contributed by atoms with Gasteiger partial charge in [-0.1, -0.05) is 231 Å². The topological polar surface area (TPSA) is 0 Å². The number of rotatable bonds is 4. The molecule has 0 aliphatic carbocycles. The van der Waals surface area contributed by atoms with Gasteiger partial charge in [-0.2, -0.15) is 0 Å². The van der Waals surface area contributed by atoms with Gasteiger partial charge >= 0.3 is 0 Å². The molecular weight excluding hydrogens is 721 g/mol. The van der Waals surface area contributed by atoms with Crippen molar-refractivity contribution in [3.05, 3.63) is 243 Å². The molecule has 12 rings (SSSR count). The highest BCUT2D eigenvalue weighted by Crippen LogP contribution is 2.45. The Hall–Kier alpha value is -7.80. The average Bonchev–Trinajstić information content (AvgIpc) is 3.33. The molecule has 0 N–H and O–H groups in total. The third kappa shape index (κ3) is 6.18.